The maximum Gasteiger partial charge on any atom is 0.123 e. The van der Waals surface area contributed by atoms with E-state index in [1.165, 1.54) is 50.0 Å². The zero-order valence-electron chi connectivity index (χ0n) is 17.2. The summed E-state index contributed by atoms with van der Waals surface area (Å²) in [4.78, 5) is 0. The monoisotopic (exact) mass is 366 g/mol. The van der Waals surface area contributed by atoms with Crippen LogP contribution < -0.4 is 0 Å². The van der Waals surface area contributed by atoms with E-state index in [0.717, 1.165) is 33.3 Å². The van der Waals surface area contributed by atoms with Crippen molar-refractivity contribution in [3.8, 4) is 0 Å². The van der Waals surface area contributed by atoms with Crippen LogP contribution in [-0.2, 0) is 5.41 Å². The van der Waals surface area contributed by atoms with Gasteiger partial charge in [-0.15, -0.1) is 8.58 Å². The molecule has 4 unspecified atom stereocenters. The van der Waals surface area contributed by atoms with Gasteiger partial charge in [-0.3, -0.25) is 0 Å². The Bertz CT molecular complexity index is 473. The molecular weight excluding hydrogens is 326 g/mol. The zero-order valence-corrected chi connectivity index (χ0v) is 18.2. The number of hydrogen-bond acceptors (Lipinski definition) is 0. The first-order valence-corrected chi connectivity index (χ1v) is 11.8. The molecule has 0 aliphatic rings. The molecule has 0 aliphatic heterocycles. The van der Waals surface area contributed by atoms with Gasteiger partial charge in [0.05, 0.1) is 0 Å². The molecule has 0 saturated heterocycles. The molecule has 0 saturated carbocycles. The van der Waals surface area contributed by atoms with Crippen molar-refractivity contribution >= 4 is 8.58 Å². The molecule has 1 aromatic rings. The highest BCUT2D eigenvalue weighted by Gasteiger charge is 2.26. The van der Waals surface area contributed by atoms with Gasteiger partial charge < -0.3 is 0 Å². The van der Waals surface area contributed by atoms with E-state index in [2.05, 4.69) is 40.7 Å². The fourth-order valence-corrected chi connectivity index (χ4v) is 5.70. The van der Waals surface area contributed by atoms with E-state index in [-0.39, 0.29) is 11.2 Å². The van der Waals surface area contributed by atoms with Crippen molar-refractivity contribution in [1.29, 1.82) is 0 Å². The van der Waals surface area contributed by atoms with Crippen molar-refractivity contribution in [2.24, 2.45) is 11.8 Å². The topological polar surface area (TPSA) is 0 Å². The lowest BCUT2D eigenvalue weighted by molar-refractivity contribution is 0.389. The molecule has 0 spiro atoms. The van der Waals surface area contributed by atoms with Crippen LogP contribution >= 0.6 is 8.58 Å². The van der Waals surface area contributed by atoms with Crippen LogP contribution in [0.2, 0.25) is 0 Å². The third kappa shape index (κ3) is 8.21. The molecule has 25 heavy (non-hydrogen) atoms. The molecule has 0 bridgehead atoms. The molecule has 1 rings (SSSR count). The van der Waals surface area contributed by atoms with Gasteiger partial charge in [-0.25, -0.2) is 4.39 Å². The van der Waals surface area contributed by atoms with Gasteiger partial charge in [0.15, 0.2) is 0 Å². The molecule has 0 amide bonds. The van der Waals surface area contributed by atoms with E-state index in [1.807, 2.05) is 6.07 Å². The van der Waals surface area contributed by atoms with E-state index in [1.54, 1.807) is 12.1 Å². The fourth-order valence-electron chi connectivity index (χ4n) is 3.93. The van der Waals surface area contributed by atoms with Gasteiger partial charge in [-0.05, 0) is 53.7 Å². The lowest BCUT2D eigenvalue weighted by Gasteiger charge is -2.31. The van der Waals surface area contributed by atoms with E-state index in [4.69, 9.17) is 0 Å². The van der Waals surface area contributed by atoms with E-state index in [0.29, 0.717) is 0 Å². The van der Waals surface area contributed by atoms with E-state index < -0.39 is 0 Å². The standard InChI is InChI=1S/C23H40FP/c1-6-10-20(8-3)14-13-19(4)17-25-18-23(5,15-7-2)21-11-9-12-22(24)16-21/h9,11-12,16,19-20,25H,6-8,10,13-15,17-18H2,1-5H3. The smallest absolute Gasteiger partial charge is 0.123 e. The van der Waals surface area contributed by atoms with E-state index >= 15 is 0 Å². The van der Waals surface area contributed by atoms with Crippen molar-refractivity contribution in [1.82, 2.24) is 0 Å². The SMILES string of the molecule is CCCC(CC)CCC(C)CPCC(C)(CCC)c1cccc(F)c1. The van der Waals surface area contributed by atoms with Crippen molar-refractivity contribution in [3.63, 3.8) is 0 Å². The maximum atomic E-state index is 13.7. The number of rotatable bonds is 13. The second-order valence-corrected chi connectivity index (χ2v) is 9.46. The van der Waals surface area contributed by atoms with Gasteiger partial charge in [-0.2, -0.15) is 0 Å². The molecule has 1 aromatic carbocycles. The second-order valence-electron chi connectivity index (χ2n) is 8.20. The highest BCUT2D eigenvalue weighted by molar-refractivity contribution is 7.38. The molecule has 0 N–H and O–H groups in total. The minimum absolute atomic E-state index is 0.0990. The Morgan fingerprint density at radius 3 is 2.44 bits per heavy atom. The molecule has 4 atom stereocenters. The van der Waals surface area contributed by atoms with Crippen molar-refractivity contribution in [2.45, 2.75) is 85.0 Å². The van der Waals surface area contributed by atoms with Gasteiger partial charge in [0.25, 0.3) is 0 Å². The van der Waals surface area contributed by atoms with Gasteiger partial charge in [-0.1, -0.05) is 85.3 Å². The van der Waals surface area contributed by atoms with Crippen LogP contribution in [-0.4, -0.2) is 12.3 Å². The molecule has 0 fully saturated rings. The van der Waals surface area contributed by atoms with Crippen LogP contribution in [0.5, 0.6) is 0 Å². The normalized spacial score (nSPS) is 16.9. The molecule has 0 aliphatic carbocycles. The van der Waals surface area contributed by atoms with Gasteiger partial charge in [0, 0.05) is 0 Å². The number of halogens is 1. The highest BCUT2D eigenvalue weighted by Crippen LogP contribution is 2.36. The number of benzene rings is 1. The Hall–Kier alpha value is -0.420. The highest BCUT2D eigenvalue weighted by atomic mass is 31.1. The predicted octanol–water partition coefficient (Wildman–Crippen LogP) is 7.80. The summed E-state index contributed by atoms with van der Waals surface area (Å²) in [6, 6.07) is 7.28. The Morgan fingerprint density at radius 2 is 1.84 bits per heavy atom. The van der Waals surface area contributed by atoms with Crippen molar-refractivity contribution in [3.05, 3.63) is 35.6 Å². The molecule has 0 radical (unpaired) electrons. The largest absolute Gasteiger partial charge is 0.207 e. The third-order valence-corrected chi connectivity index (χ3v) is 7.69. The van der Waals surface area contributed by atoms with Crippen LogP contribution in [0.1, 0.15) is 85.1 Å². The van der Waals surface area contributed by atoms with Crippen LogP contribution in [0.15, 0.2) is 24.3 Å². The van der Waals surface area contributed by atoms with Crippen LogP contribution in [0.3, 0.4) is 0 Å². The third-order valence-electron chi connectivity index (χ3n) is 5.67. The Balaban J connectivity index is 2.49. The lowest BCUT2D eigenvalue weighted by Crippen LogP contribution is -2.25. The summed E-state index contributed by atoms with van der Waals surface area (Å²) in [7, 11) is 0.979. The fraction of sp³-hybridized carbons (Fsp3) is 0.739. The zero-order chi connectivity index (χ0) is 18.7. The minimum atomic E-state index is -0.0990. The molecule has 0 aromatic heterocycles. The number of hydrogen-bond donors (Lipinski definition) is 0. The summed E-state index contributed by atoms with van der Waals surface area (Å²) in [5.41, 5.74) is 1.31. The molecule has 0 heterocycles. The summed E-state index contributed by atoms with van der Waals surface area (Å²) >= 11 is 0. The van der Waals surface area contributed by atoms with Gasteiger partial charge >= 0.3 is 0 Å². The second kappa shape index (κ2) is 12.1. The van der Waals surface area contributed by atoms with Crippen LogP contribution in [0, 0.1) is 17.7 Å². The minimum Gasteiger partial charge on any atom is -0.207 e. The molecule has 0 nitrogen and oxygen atoms in total. The summed E-state index contributed by atoms with van der Waals surface area (Å²) in [6.07, 6.45) is 11.6. The summed E-state index contributed by atoms with van der Waals surface area (Å²) in [6.45, 7) is 11.6. The summed E-state index contributed by atoms with van der Waals surface area (Å²) in [5.74, 6) is 1.65. The predicted molar refractivity (Wildman–Crippen MR) is 114 cm³/mol. The molecule has 144 valence electrons. The van der Waals surface area contributed by atoms with Crippen molar-refractivity contribution in [2.75, 3.05) is 12.3 Å². The molecular formula is C23H40FP. The lowest BCUT2D eigenvalue weighted by atomic mass is 9.80. The van der Waals surface area contributed by atoms with Gasteiger partial charge in [0.1, 0.15) is 5.82 Å². The Kier molecular flexibility index (Phi) is 10.9. The average Bonchev–Trinajstić information content (AvgIpc) is 2.59. The maximum absolute atomic E-state index is 13.7. The Morgan fingerprint density at radius 1 is 1.08 bits per heavy atom. The quantitative estimate of drug-likeness (QED) is 0.312. The van der Waals surface area contributed by atoms with Crippen LogP contribution in [0.4, 0.5) is 4.39 Å². The first-order valence-electron chi connectivity index (χ1n) is 10.4. The summed E-state index contributed by atoms with van der Waals surface area (Å²) in [5, 5.41) is 0. The van der Waals surface area contributed by atoms with Crippen LogP contribution in [0.25, 0.3) is 0 Å². The first kappa shape index (κ1) is 22.6. The first-order chi connectivity index (χ1) is 11.9. The van der Waals surface area contributed by atoms with Crippen molar-refractivity contribution < 1.29 is 4.39 Å². The van der Waals surface area contributed by atoms with E-state index in [9.17, 15) is 4.39 Å². The molecule has 2 heteroatoms. The Labute approximate surface area is 158 Å². The summed E-state index contributed by atoms with van der Waals surface area (Å²) < 4.78 is 13.7. The van der Waals surface area contributed by atoms with Gasteiger partial charge in [0.2, 0.25) is 0 Å². The average molecular weight is 367 g/mol.